The monoisotopic (exact) mass is 254 g/mol. The fourth-order valence-electron chi connectivity index (χ4n) is 3.22. The van der Waals surface area contributed by atoms with Gasteiger partial charge in [-0.2, -0.15) is 0 Å². The van der Waals surface area contributed by atoms with Crippen LogP contribution in [0, 0.1) is 5.41 Å². The van der Waals surface area contributed by atoms with E-state index in [2.05, 4.69) is 17.1 Å². The molecule has 0 aromatic rings. The molecule has 0 aromatic heterocycles. The smallest absolute Gasteiger partial charge is 0.0468 e. The fraction of sp³-hybridized carbons (Fsp3) is 1.00. The first-order valence-corrected chi connectivity index (χ1v) is 7.73. The van der Waals surface area contributed by atoms with Crippen molar-refractivity contribution in [2.45, 2.75) is 51.5 Å². The molecule has 3 heteroatoms. The van der Waals surface area contributed by atoms with Crippen LogP contribution in [0.5, 0.6) is 0 Å². The summed E-state index contributed by atoms with van der Waals surface area (Å²) in [5, 5.41) is 3.70. The molecule has 106 valence electrons. The first kappa shape index (κ1) is 14.3. The summed E-state index contributed by atoms with van der Waals surface area (Å²) < 4.78 is 5.26. The van der Waals surface area contributed by atoms with Gasteiger partial charge in [0.1, 0.15) is 0 Å². The van der Waals surface area contributed by atoms with Gasteiger partial charge in [0.2, 0.25) is 0 Å². The molecule has 1 atom stereocenters. The molecule has 1 aliphatic carbocycles. The topological polar surface area (TPSA) is 24.5 Å². The van der Waals surface area contributed by atoms with Gasteiger partial charge in [-0.25, -0.2) is 0 Å². The molecule has 2 fully saturated rings. The van der Waals surface area contributed by atoms with E-state index in [-0.39, 0.29) is 0 Å². The molecular formula is C15H30N2O. The van der Waals surface area contributed by atoms with Crippen LogP contribution in [0.15, 0.2) is 0 Å². The molecule has 3 nitrogen and oxygen atoms in total. The molecule has 2 aliphatic rings. The number of rotatable bonds is 7. The van der Waals surface area contributed by atoms with Gasteiger partial charge in [-0.05, 0) is 50.6 Å². The van der Waals surface area contributed by atoms with Crippen molar-refractivity contribution in [1.82, 2.24) is 10.2 Å². The van der Waals surface area contributed by atoms with Gasteiger partial charge in [-0.1, -0.05) is 13.3 Å². The van der Waals surface area contributed by atoms with E-state index < -0.39 is 0 Å². The molecule has 18 heavy (non-hydrogen) atoms. The van der Waals surface area contributed by atoms with Crippen LogP contribution in [0.1, 0.15) is 45.4 Å². The van der Waals surface area contributed by atoms with Gasteiger partial charge in [0.05, 0.1) is 0 Å². The van der Waals surface area contributed by atoms with E-state index in [0.29, 0.717) is 5.41 Å². The van der Waals surface area contributed by atoms with Gasteiger partial charge >= 0.3 is 0 Å². The Bertz CT molecular complexity index is 241. The molecule has 1 aliphatic heterocycles. The second-order valence-corrected chi connectivity index (χ2v) is 6.27. The van der Waals surface area contributed by atoms with Crippen molar-refractivity contribution >= 4 is 0 Å². The Morgan fingerprint density at radius 2 is 2.22 bits per heavy atom. The molecule has 1 saturated heterocycles. The van der Waals surface area contributed by atoms with Crippen LogP contribution in [-0.4, -0.2) is 50.8 Å². The molecule has 0 spiro atoms. The maximum atomic E-state index is 5.26. The molecule has 1 N–H and O–H groups in total. The van der Waals surface area contributed by atoms with Crippen LogP contribution >= 0.6 is 0 Å². The third-order valence-corrected chi connectivity index (χ3v) is 4.55. The van der Waals surface area contributed by atoms with Gasteiger partial charge in [-0.3, -0.25) is 0 Å². The first-order chi connectivity index (χ1) is 8.78. The van der Waals surface area contributed by atoms with E-state index in [9.17, 15) is 0 Å². The minimum atomic E-state index is 0.608. The van der Waals surface area contributed by atoms with Gasteiger partial charge in [0.15, 0.2) is 0 Å². The number of nitrogens with one attached hydrogen (secondary N) is 1. The highest BCUT2D eigenvalue weighted by molar-refractivity contribution is 4.96. The summed E-state index contributed by atoms with van der Waals surface area (Å²) in [6, 6.07) is 0.718. The molecule has 2 rings (SSSR count). The zero-order chi connectivity index (χ0) is 12.8. The molecule has 1 heterocycles. The predicted molar refractivity (Wildman–Crippen MR) is 75.9 cm³/mol. The largest absolute Gasteiger partial charge is 0.385 e. The number of hydrogen-bond acceptors (Lipinski definition) is 3. The molecule has 0 amide bonds. The second kappa shape index (κ2) is 6.88. The Balaban J connectivity index is 1.80. The molecule has 0 bridgehead atoms. The highest BCUT2D eigenvalue weighted by Gasteiger charge is 2.43. The summed E-state index contributed by atoms with van der Waals surface area (Å²) in [6.45, 7) is 8.26. The second-order valence-electron chi connectivity index (χ2n) is 6.27. The summed E-state index contributed by atoms with van der Waals surface area (Å²) in [6.07, 6.45) is 8.01. The van der Waals surface area contributed by atoms with Crippen molar-refractivity contribution in [3.8, 4) is 0 Å². The summed E-state index contributed by atoms with van der Waals surface area (Å²) in [5.41, 5.74) is 0.608. The minimum absolute atomic E-state index is 0.608. The highest BCUT2D eigenvalue weighted by atomic mass is 16.5. The van der Waals surface area contributed by atoms with Crippen molar-refractivity contribution in [1.29, 1.82) is 0 Å². The average Bonchev–Trinajstić information content (AvgIpc) is 3.14. The molecule has 1 unspecified atom stereocenters. The van der Waals surface area contributed by atoms with E-state index >= 15 is 0 Å². The lowest BCUT2D eigenvalue weighted by molar-refractivity contribution is 0.145. The van der Waals surface area contributed by atoms with E-state index in [0.717, 1.165) is 12.6 Å². The Morgan fingerprint density at radius 1 is 1.39 bits per heavy atom. The summed E-state index contributed by atoms with van der Waals surface area (Å²) in [4.78, 5) is 2.71. The Labute approximate surface area is 112 Å². The van der Waals surface area contributed by atoms with E-state index in [1.165, 1.54) is 64.7 Å². The van der Waals surface area contributed by atoms with Gasteiger partial charge in [0.25, 0.3) is 0 Å². The van der Waals surface area contributed by atoms with Crippen molar-refractivity contribution < 1.29 is 4.74 Å². The molecular weight excluding hydrogens is 224 g/mol. The lowest BCUT2D eigenvalue weighted by Crippen LogP contribution is -2.40. The average molecular weight is 254 g/mol. The van der Waals surface area contributed by atoms with Crippen molar-refractivity contribution in [3.05, 3.63) is 0 Å². The van der Waals surface area contributed by atoms with Gasteiger partial charge < -0.3 is 15.0 Å². The third-order valence-electron chi connectivity index (χ3n) is 4.55. The summed E-state index contributed by atoms with van der Waals surface area (Å²) in [7, 11) is 1.82. The molecule has 0 aromatic carbocycles. The van der Waals surface area contributed by atoms with Gasteiger partial charge in [-0.15, -0.1) is 0 Å². The normalized spacial score (nSPS) is 28.0. The SMILES string of the molecule is CCCC1CN(CC2(CCOC)CC2)CCCN1. The predicted octanol–water partition coefficient (Wildman–Crippen LogP) is 2.27. The number of nitrogens with zero attached hydrogens (tertiary/aromatic N) is 1. The minimum Gasteiger partial charge on any atom is -0.385 e. The van der Waals surface area contributed by atoms with Crippen LogP contribution in [0.2, 0.25) is 0 Å². The quantitative estimate of drug-likeness (QED) is 0.754. The standard InChI is InChI=1S/C15H30N2O/c1-3-5-14-12-17(10-4-9-16-14)13-15(6-7-15)8-11-18-2/h14,16H,3-13H2,1-2H3. The number of hydrogen-bond donors (Lipinski definition) is 1. The molecule has 0 radical (unpaired) electrons. The van der Waals surface area contributed by atoms with E-state index in [1.807, 2.05) is 7.11 Å². The van der Waals surface area contributed by atoms with Crippen molar-refractivity contribution in [2.75, 3.05) is 39.9 Å². The lowest BCUT2D eigenvalue weighted by atomic mass is 10.0. The zero-order valence-corrected chi connectivity index (χ0v) is 12.2. The van der Waals surface area contributed by atoms with Crippen molar-refractivity contribution in [3.63, 3.8) is 0 Å². The molecule has 1 saturated carbocycles. The third kappa shape index (κ3) is 4.22. The number of ether oxygens (including phenoxy) is 1. The van der Waals surface area contributed by atoms with Crippen LogP contribution in [0.4, 0.5) is 0 Å². The zero-order valence-electron chi connectivity index (χ0n) is 12.2. The Morgan fingerprint density at radius 3 is 2.89 bits per heavy atom. The van der Waals surface area contributed by atoms with Crippen LogP contribution < -0.4 is 5.32 Å². The van der Waals surface area contributed by atoms with Crippen LogP contribution in [0.25, 0.3) is 0 Å². The maximum absolute atomic E-state index is 5.26. The van der Waals surface area contributed by atoms with Gasteiger partial charge in [0, 0.05) is 32.8 Å². The Kier molecular flexibility index (Phi) is 5.46. The van der Waals surface area contributed by atoms with Crippen LogP contribution in [0.3, 0.4) is 0 Å². The lowest BCUT2D eigenvalue weighted by Gasteiger charge is -2.28. The van der Waals surface area contributed by atoms with E-state index in [4.69, 9.17) is 4.74 Å². The summed E-state index contributed by atoms with van der Waals surface area (Å²) in [5.74, 6) is 0. The van der Waals surface area contributed by atoms with E-state index in [1.54, 1.807) is 0 Å². The fourth-order valence-corrected chi connectivity index (χ4v) is 3.22. The highest BCUT2D eigenvalue weighted by Crippen LogP contribution is 2.49. The maximum Gasteiger partial charge on any atom is 0.0468 e. The number of methoxy groups -OCH3 is 1. The van der Waals surface area contributed by atoms with Crippen molar-refractivity contribution in [2.24, 2.45) is 5.41 Å². The summed E-state index contributed by atoms with van der Waals surface area (Å²) >= 11 is 0. The first-order valence-electron chi connectivity index (χ1n) is 7.73. The van der Waals surface area contributed by atoms with Crippen LogP contribution in [-0.2, 0) is 4.74 Å². The Hall–Kier alpha value is -0.120.